The van der Waals surface area contributed by atoms with Crippen molar-refractivity contribution in [2.45, 2.75) is 57.9 Å². The van der Waals surface area contributed by atoms with Gasteiger partial charge in [0.05, 0.1) is 6.04 Å². The number of carbonyl (C=O) groups is 1. The second kappa shape index (κ2) is 5.59. The topological polar surface area (TPSA) is 29.1 Å². The molecule has 1 atom stereocenters. The van der Waals surface area contributed by atoms with Crippen LogP contribution < -0.4 is 5.32 Å². The van der Waals surface area contributed by atoms with Gasteiger partial charge in [-0.05, 0) is 37.2 Å². The van der Waals surface area contributed by atoms with Crippen molar-refractivity contribution in [3.05, 3.63) is 35.9 Å². The van der Waals surface area contributed by atoms with E-state index in [4.69, 9.17) is 0 Å². The van der Waals surface area contributed by atoms with Crippen LogP contribution in [-0.2, 0) is 4.79 Å². The zero-order chi connectivity index (χ0) is 14.0. The van der Waals surface area contributed by atoms with Crippen LogP contribution in [-0.4, -0.2) is 5.91 Å². The second-order valence-electron chi connectivity index (χ2n) is 6.68. The Morgan fingerprint density at radius 2 is 1.90 bits per heavy atom. The molecule has 1 saturated carbocycles. The molecular weight excluding hydrogens is 246 g/mol. The minimum atomic E-state index is 0.183. The van der Waals surface area contributed by atoms with Gasteiger partial charge in [0.1, 0.15) is 0 Å². The molecule has 1 aromatic rings. The molecule has 1 aliphatic carbocycles. The fourth-order valence-corrected chi connectivity index (χ4v) is 4.28. The van der Waals surface area contributed by atoms with Crippen LogP contribution in [0.4, 0.5) is 0 Å². The summed E-state index contributed by atoms with van der Waals surface area (Å²) in [4.78, 5) is 12.0. The lowest BCUT2D eigenvalue weighted by atomic mass is 9.64. The molecule has 2 heteroatoms. The molecule has 1 unspecified atom stereocenters. The molecule has 2 aliphatic rings. The van der Waals surface area contributed by atoms with E-state index in [-0.39, 0.29) is 17.4 Å². The summed E-state index contributed by atoms with van der Waals surface area (Å²) < 4.78 is 0. The average Bonchev–Trinajstić information content (AvgIpc) is 2.79. The standard InChI is InChI=1S/C18H25NO/c1-2-6-14-9-11-18(12-10-14)13-16(20)19-17(18)15-7-4-3-5-8-15/h3-5,7-8,14,17H,2,6,9-13H2,1H3,(H,19,20). The van der Waals surface area contributed by atoms with Crippen molar-refractivity contribution in [3.8, 4) is 0 Å². The van der Waals surface area contributed by atoms with Crippen molar-refractivity contribution in [3.63, 3.8) is 0 Å². The Hall–Kier alpha value is -1.31. The van der Waals surface area contributed by atoms with Gasteiger partial charge in [-0.1, -0.05) is 50.1 Å². The number of carbonyl (C=O) groups excluding carboxylic acids is 1. The summed E-state index contributed by atoms with van der Waals surface area (Å²) in [5, 5.41) is 3.24. The fourth-order valence-electron chi connectivity index (χ4n) is 4.28. The SMILES string of the molecule is CCCC1CCC2(CC1)CC(=O)NC2c1ccccc1. The molecule has 3 rings (SSSR count). The summed E-state index contributed by atoms with van der Waals surface area (Å²) in [5.41, 5.74) is 1.47. The summed E-state index contributed by atoms with van der Waals surface area (Å²) in [5.74, 6) is 1.13. The minimum Gasteiger partial charge on any atom is -0.349 e. The molecular formula is C18H25NO. The monoisotopic (exact) mass is 271 g/mol. The summed E-state index contributed by atoms with van der Waals surface area (Å²) in [7, 11) is 0. The van der Waals surface area contributed by atoms with Crippen LogP contribution in [0, 0.1) is 11.3 Å². The molecule has 0 aromatic heterocycles. The Balaban J connectivity index is 1.79. The van der Waals surface area contributed by atoms with Crippen molar-refractivity contribution < 1.29 is 4.79 Å². The zero-order valence-corrected chi connectivity index (χ0v) is 12.4. The van der Waals surface area contributed by atoms with E-state index in [0.29, 0.717) is 0 Å². The quantitative estimate of drug-likeness (QED) is 0.876. The van der Waals surface area contributed by atoms with Gasteiger partial charge in [-0.15, -0.1) is 0 Å². The summed E-state index contributed by atoms with van der Waals surface area (Å²) >= 11 is 0. The highest BCUT2D eigenvalue weighted by molar-refractivity contribution is 5.80. The van der Waals surface area contributed by atoms with Crippen molar-refractivity contribution in [2.24, 2.45) is 11.3 Å². The molecule has 1 aromatic carbocycles. The predicted molar refractivity (Wildman–Crippen MR) is 81.2 cm³/mol. The van der Waals surface area contributed by atoms with Crippen molar-refractivity contribution in [2.75, 3.05) is 0 Å². The molecule has 1 N–H and O–H groups in total. The molecule has 2 nitrogen and oxygen atoms in total. The van der Waals surface area contributed by atoms with E-state index >= 15 is 0 Å². The van der Waals surface area contributed by atoms with E-state index < -0.39 is 0 Å². The molecule has 0 bridgehead atoms. The van der Waals surface area contributed by atoms with Crippen molar-refractivity contribution in [1.82, 2.24) is 5.32 Å². The van der Waals surface area contributed by atoms with Crippen LogP contribution >= 0.6 is 0 Å². The molecule has 1 amide bonds. The lowest BCUT2D eigenvalue weighted by Crippen LogP contribution is -2.33. The third-order valence-electron chi connectivity index (χ3n) is 5.36. The maximum absolute atomic E-state index is 12.0. The van der Waals surface area contributed by atoms with Crippen LogP contribution in [0.2, 0.25) is 0 Å². The maximum Gasteiger partial charge on any atom is 0.221 e. The lowest BCUT2D eigenvalue weighted by Gasteiger charge is -2.40. The maximum atomic E-state index is 12.0. The highest BCUT2D eigenvalue weighted by Crippen LogP contribution is 2.53. The molecule has 108 valence electrons. The smallest absolute Gasteiger partial charge is 0.221 e. The molecule has 1 heterocycles. The first kappa shape index (κ1) is 13.7. The average molecular weight is 271 g/mol. The van der Waals surface area contributed by atoms with Gasteiger partial charge in [0.25, 0.3) is 0 Å². The Morgan fingerprint density at radius 3 is 2.55 bits per heavy atom. The Bertz CT molecular complexity index is 460. The van der Waals surface area contributed by atoms with E-state index in [0.717, 1.165) is 12.3 Å². The highest BCUT2D eigenvalue weighted by atomic mass is 16.2. The number of hydrogen-bond acceptors (Lipinski definition) is 1. The third-order valence-corrected chi connectivity index (χ3v) is 5.36. The van der Waals surface area contributed by atoms with Gasteiger partial charge < -0.3 is 5.32 Å². The number of hydrogen-bond donors (Lipinski definition) is 1. The van der Waals surface area contributed by atoms with Gasteiger partial charge in [-0.3, -0.25) is 4.79 Å². The lowest BCUT2D eigenvalue weighted by molar-refractivity contribution is -0.119. The normalized spacial score (nSPS) is 33.4. The van der Waals surface area contributed by atoms with E-state index in [1.807, 2.05) is 6.07 Å². The predicted octanol–water partition coefficient (Wildman–Crippen LogP) is 4.22. The van der Waals surface area contributed by atoms with Gasteiger partial charge in [0, 0.05) is 11.8 Å². The van der Waals surface area contributed by atoms with Crippen LogP contribution in [0.15, 0.2) is 30.3 Å². The molecule has 1 spiro atoms. The highest BCUT2D eigenvalue weighted by Gasteiger charge is 2.48. The minimum absolute atomic E-state index is 0.183. The molecule has 2 fully saturated rings. The van der Waals surface area contributed by atoms with Crippen LogP contribution in [0.5, 0.6) is 0 Å². The summed E-state index contributed by atoms with van der Waals surface area (Å²) in [6, 6.07) is 10.8. The first-order chi connectivity index (χ1) is 9.73. The van der Waals surface area contributed by atoms with Crippen LogP contribution in [0.3, 0.4) is 0 Å². The summed E-state index contributed by atoms with van der Waals surface area (Å²) in [6.07, 6.45) is 8.38. The van der Waals surface area contributed by atoms with Gasteiger partial charge in [0.15, 0.2) is 0 Å². The van der Waals surface area contributed by atoms with Gasteiger partial charge >= 0.3 is 0 Å². The fraction of sp³-hybridized carbons (Fsp3) is 0.611. The first-order valence-corrected chi connectivity index (χ1v) is 8.08. The van der Waals surface area contributed by atoms with Crippen LogP contribution in [0.1, 0.15) is 63.5 Å². The molecule has 1 saturated heterocycles. The Morgan fingerprint density at radius 1 is 1.20 bits per heavy atom. The van der Waals surface area contributed by atoms with E-state index in [1.165, 1.54) is 44.1 Å². The largest absolute Gasteiger partial charge is 0.349 e. The summed E-state index contributed by atoms with van der Waals surface area (Å²) in [6.45, 7) is 2.28. The first-order valence-electron chi connectivity index (χ1n) is 8.08. The van der Waals surface area contributed by atoms with E-state index in [9.17, 15) is 4.79 Å². The van der Waals surface area contributed by atoms with Crippen LogP contribution in [0.25, 0.3) is 0 Å². The van der Waals surface area contributed by atoms with Gasteiger partial charge in [-0.2, -0.15) is 0 Å². The van der Waals surface area contributed by atoms with Crippen molar-refractivity contribution >= 4 is 5.91 Å². The van der Waals surface area contributed by atoms with E-state index in [2.05, 4.69) is 36.5 Å². The van der Waals surface area contributed by atoms with E-state index in [1.54, 1.807) is 0 Å². The third kappa shape index (κ3) is 2.48. The Kier molecular flexibility index (Phi) is 3.82. The molecule has 1 aliphatic heterocycles. The molecule has 20 heavy (non-hydrogen) atoms. The molecule has 0 radical (unpaired) electrons. The number of nitrogens with one attached hydrogen (secondary N) is 1. The Labute approximate surface area is 122 Å². The van der Waals surface area contributed by atoms with Gasteiger partial charge in [-0.25, -0.2) is 0 Å². The number of amides is 1. The number of rotatable bonds is 3. The zero-order valence-electron chi connectivity index (χ0n) is 12.4. The van der Waals surface area contributed by atoms with Crippen molar-refractivity contribution in [1.29, 1.82) is 0 Å². The second-order valence-corrected chi connectivity index (χ2v) is 6.68. The number of benzene rings is 1. The van der Waals surface area contributed by atoms with Gasteiger partial charge in [0.2, 0.25) is 5.91 Å².